The monoisotopic (exact) mass is 321 g/mol. The first kappa shape index (κ1) is 13.8. The second kappa shape index (κ2) is 5.57. The highest BCUT2D eigenvalue weighted by molar-refractivity contribution is 9.10. The van der Waals surface area contributed by atoms with Crippen LogP contribution in [0, 0.1) is 6.92 Å². The van der Waals surface area contributed by atoms with Crippen molar-refractivity contribution in [3.05, 3.63) is 45.7 Å². The molecule has 2 rings (SSSR count). The number of halogens is 1. The fourth-order valence-electron chi connectivity index (χ4n) is 1.89. The maximum Gasteiger partial charge on any atom is 0.275 e. The van der Waals surface area contributed by atoms with Crippen LogP contribution < -0.4 is 5.32 Å². The van der Waals surface area contributed by atoms with Crippen molar-refractivity contribution < 1.29 is 4.79 Å². The number of nitrogens with one attached hydrogen (secondary N) is 1. The summed E-state index contributed by atoms with van der Waals surface area (Å²) >= 11 is 3.39. The Bertz CT molecular complexity index is 602. The molecule has 0 aliphatic rings. The molecule has 0 saturated heterocycles. The quantitative estimate of drug-likeness (QED) is 0.942. The van der Waals surface area contributed by atoms with Crippen LogP contribution >= 0.6 is 15.9 Å². The number of hydrogen-bond acceptors (Lipinski definition) is 2. The number of aryl methyl sites for hydroxylation is 3. The van der Waals surface area contributed by atoms with E-state index >= 15 is 0 Å². The molecule has 100 valence electrons. The number of aromatic nitrogens is 2. The van der Waals surface area contributed by atoms with Crippen molar-refractivity contribution in [1.29, 1.82) is 0 Å². The second-order valence-electron chi connectivity index (χ2n) is 4.38. The highest BCUT2D eigenvalue weighted by Gasteiger charge is 2.18. The molecule has 0 aliphatic heterocycles. The van der Waals surface area contributed by atoms with E-state index < -0.39 is 0 Å². The highest BCUT2D eigenvalue weighted by Crippen LogP contribution is 2.21. The Balaban J connectivity index is 2.20. The van der Waals surface area contributed by atoms with Gasteiger partial charge < -0.3 is 5.32 Å². The standard InChI is InChI=1S/C14H16BrN3O/c1-4-10-5-7-11(8-6-10)16-14(19)13-12(15)9(2)17-18(13)3/h5-8H,4H2,1-3H3,(H,16,19). The van der Waals surface area contributed by atoms with Crippen molar-refractivity contribution >= 4 is 27.5 Å². The number of amides is 1. The minimum absolute atomic E-state index is 0.167. The van der Waals surface area contributed by atoms with Gasteiger partial charge in [-0.1, -0.05) is 19.1 Å². The Morgan fingerprint density at radius 2 is 2.00 bits per heavy atom. The molecule has 1 aromatic carbocycles. The van der Waals surface area contributed by atoms with E-state index in [2.05, 4.69) is 33.3 Å². The Labute approximate surface area is 120 Å². The molecule has 5 heteroatoms. The van der Waals surface area contributed by atoms with Gasteiger partial charge in [0.05, 0.1) is 10.2 Å². The van der Waals surface area contributed by atoms with E-state index in [1.54, 1.807) is 11.7 Å². The largest absolute Gasteiger partial charge is 0.321 e. The van der Waals surface area contributed by atoms with E-state index in [1.165, 1.54) is 5.56 Å². The first-order valence-electron chi connectivity index (χ1n) is 6.12. The molecule has 19 heavy (non-hydrogen) atoms. The predicted molar refractivity (Wildman–Crippen MR) is 79.4 cm³/mol. The first-order valence-corrected chi connectivity index (χ1v) is 6.91. The third-order valence-corrected chi connectivity index (χ3v) is 3.93. The molecule has 0 fully saturated rings. The first-order chi connectivity index (χ1) is 9.02. The van der Waals surface area contributed by atoms with Crippen molar-refractivity contribution in [2.75, 3.05) is 5.32 Å². The van der Waals surface area contributed by atoms with Crippen LogP contribution in [0.2, 0.25) is 0 Å². The smallest absolute Gasteiger partial charge is 0.275 e. The topological polar surface area (TPSA) is 46.9 Å². The van der Waals surface area contributed by atoms with Crippen LogP contribution in [-0.2, 0) is 13.5 Å². The summed E-state index contributed by atoms with van der Waals surface area (Å²) in [6.07, 6.45) is 0.987. The zero-order valence-corrected chi connectivity index (χ0v) is 12.8. The molecule has 1 N–H and O–H groups in total. The molecule has 0 unspecified atom stereocenters. The van der Waals surface area contributed by atoms with E-state index in [0.29, 0.717) is 5.69 Å². The average molecular weight is 322 g/mol. The van der Waals surface area contributed by atoms with E-state index in [4.69, 9.17) is 0 Å². The summed E-state index contributed by atoms with van der Waals surface area (Å²) in [4.78, 5) is 12.2. The summed E-state index contributed by atoms with van der Waals surface area (Å²) in [5.74, 6) is -0.167. The maximum absolute atomic E-state index is 12.2. The molecule has 0 saturated carbocycles. The average Bonchev–Trinajstić information content (AvgIpc) is 2.64. The van der Waals surface area contributed by atoms with Crippen LogP contribution in [-0.4, -0.2) is 15.7 Å². The summed E-state index contributed by atoms with van der Waals surface area (Å²) in [7, 11) is 1.76. The van der Waals surface area contributed by atoms with Gasteiger partial charge in [-0.05, 0) is 47.0 Å². The fraction of sp³-hybridized carbons (Fsp3) is 0.286. The fourth-order valence-corrected chi connectivity index (χ4v) is 2.41. The lowest BCUT2D eigenvalue weighted by Gasteiger charge is -2.06. The van der Waals surface area contributed by atoms with Gasteiger partial charge in [0.15, 0.2) is 0 Å². The van der Waals surface area contributed by atoms with Crippen molar-refractivity contribution in [3.8, 4) is 0 Å². The van der Waals surface area contributed by atoms with Crippen LogP contribution in [0.5, 0.6) is 0 Å². The van der Waals surface area contributed by atoms with E-state index in [1.807, 2.05) is 31.2 Å². The van der Waals surface area contributed by atoms with Gasteiger partial charge in [-0.3, -0.25) is 9.48 Å². The molecule has 1 aromatic heterocycles. The van der Waals surface area contributed by atoms with E-state index in [0.717, 1.165) is 22.3 Å². The molecule has 0 atom stereocenters. The van der Waals surface area contributed by atoms with Gasteiger partial charge in [-0.15, -0.1) is 0 Å². The summed E-state index contributed by atoms with van der Waals surface area (Å²) in [5.41, 5.74) is 3.36. The van der Waals surface area contributed by atoms with Crippen LogP contribution in [0.4, 0.5) is 5.69 Å². The number of anilines is 1. The molecular weight excluding hydrogens is 306 g/mol. The Morgan fingerprint density at radius 3 is 2.47 bits per heavy atom. The van der Waals surface area contributed by atoms with Gasteiger partial charge in [0.1, 0.15) is 5.69 Å². The van der Waals surface area contributed by atoms with E-state index in [9.17, 15) is 4.79 Å². The summed E-state index contributed by atoms with van der Waals surface area (Å²) in [6.45, 7) is 3.96. The van der Waals surface area contributed by atoms with Gasteiger partial charge in [-0.2, -0.15) is 5.10 Å². The SMILES string of the molecule is CCc1ccc(NC(=O)c2c(Br)c(C)nn2C)cc1. The summed E-state index contributed by atoms with van der Waals surface area (Å²) in [6, 6.07) is 7.85. The number of benzene rings is 1. The number of rotatable bonds is 3. The molecule has 0 bridgehead atoms. The van der Waals surface area contributed by atoms with Crippen LogP contribution in [0.3, 0.4) is 0 Å². The molecule has 0 spiro atoms. The minimum atomic E-state index is -0.167. The molecular formula is C14H16BrN3O. The molecule has 4 nitrogen and oxygen atoms in total. The third kappa shape index (κ3) is 2.87. The molecule has 1 heterocycles. The number of nitrogens with zero attached hydrogens (tertiary/aromatic N) is 2. The number of hydrogen-bond donors (Lipinski definition) is 1. The molecule has 0 radical (unpaired) electrons. The Hall–Kier alpha value is -1.62. The third-order valence-electron chi connectivity index (χ3n) is 2.98. The summed E-state index contributed by atoms with van der Waals surface area (Å²) in [5, 5.41) is 7.08. The van der Waals surface area contributed by atoms with Gasteiger partial charge in [0, 0.05) is 12.7 Å². The van der Waals surface area contributed by atoms with Gasteiger partial charge in [0.2, 0.25) is 0 Å². The number of carbonyl (C=O) groups excluding carboxylic acids is 1. The lowest BCUT2D eigenvalue weighted by molar-refractivity contribution is 0.101. The maximum atomic E-state index is 12.2. The summed E-state index contributed by atoms with van der Waals surface area (Å²) < 4.78 is 2.31. The highest BCUT2D eigenvalue weighted by atomic mass is 79.9. The zero-order valence-electron chi connectivity index (χ0n) is 11.2. The van der Waals surface area contributed by atoms with Gasteiger partial charge in [-0.25, -0.2) is 0 Å². The number of carbonyl (C=O) groups is 1. The molecule has 0 aliphatic carbocycles. The minimum Gasteiger partial charge on any atom is -0.321 e. The molecule has 1 amide bonds. The molecule has 2 aromatic rings. The van der Waals surface area contributed by atoms with Gasteiger partial charge >= 0.3 is 0 Å². The zero-order chi connectivity index (χ0) is 14.0. The Kier molecular flexibility index (Phi) is 4.04. The second-order valence-corrected chi connectivity index (χ2v) is 5.17. The van der Waals surface area contributed by atoms with Crippen LogP contribution in [0.15, 0.2) is 28.7 Å². The van der Waals surface area contributed by atoms with Crippen LogP contribution in [0.1, 0.15) is 28.7 Å². The van der Waals surface area contributed by atoms with Crippen molar-refractivity contribution in [2.45, 2.75) is 20.3 Å². The van der Waals surface area contributed by atoms with Crippen LogP contribution in [0.25, 0.3) is 0 Å². The van der Waals surface area contributed by atoms with Gasteiger partial charge in [0.25, 0.3) is 5.91 Å². The normalized spacial score (nSPS) is 10.5. The van der Waals surface area contributed by atoms with Crippen molar-refractivity contribution in [2.24, 2.45) is 7.05 Å². The van der Waals surface area contributed by atoms with E-state index in [-0.39, 0.29) is 5.91 Å². The van der Waals surface area contributed by atoms with Crippen molar-refractivity contribution in [1.82, 2.24) is 9.78 Å². The lowest BCUT2D eigenvalue weighted by Crippen LogP contribution is -2.16. The predicted octanol–water partition coefficient (Wildman–Crippen LogP) is 3.31. The Morgan fingerprint density at radius 1 is 1.37 bits per heavy atom. The lowest BCUT2D eigenvalue weighted by atomic mass is 10.1. The van der Waals surface area contributed by atoms with Crippen molar-refractivity contribution in [3.63, 3.8) is 0 Å².